The molecule has 0 atom stereocenters. The molecule has 0 spiro atoms. The quantitative estimate of drug-likeness (QED) is 0.787. The Morgan fingerprint density at radius 1 is 1.25 bits per heavy atom. The molecule has 0 aliphatic carbocycles. The maximum absolute atomic E-state index is 11.8. The minimum absolute atomic E-state index is 0.152. The van der Waals surface area contributed by atoms with Crippen molar-refractivity contribution >= 4 is 17.2 Å². The Balaban J connectivity index is 2.44. The molecule has 16 heavy (non-hydrogen) atoms. The number of benzene rings is 1. The molecule has 0 bridgehead atoms. The van der Waals surface area contributed by atoms with Gasteiger partial charge in [-0.2, -0.15) is 13.2 Å². The highest BCUT2D eigenvalue weighted by Gasteiger charge is 2.27. The lowest BCUT2D eigenvalue weighted by Gasteiger charge is -2.09. The van der Waals surface area contributed by atoms with Gasteiger partial charge in [-0.3, -0.25) is 0 Å². The molecule has 1 nitrogen and oxygen atoms in total. The van der Waals surface area contributed by atoms with Gasteiger partial charge in [-0.05, 0) is 23.3 Å². The lowest BCUT2D eigenvalue weighted by molar-refractivity contribution is -0.170. The molecule has 0 aromatic heterocycles. The topological polar surface area (TPSA) is 9.23 Å². The SMILES string of the molecule is C=C(COCC(F)(F)F)c1ccc(Cl)cc1. The highest BCUT2D eigenvalue weighted by molar-refractivity contribution is 6.30. The molecule has 0 amide bonds. The predicted octanol–water partition coefficient (Wildman–Crippen LogP) is 3.93. The van der Waals surface area contributed by atoms with Gasteiger partial charge in [0.1, 0.15) is 6.61 Å². The number of halogens is 4. The zero-order valence-corrected chi connectivity index (χ0v) is 9.11. The summed E-state index contributed by atoms with van der Waals surface area (Å²) >= 11 is 5.67. The molecule has 0 radical (unpaired) electrons. The maximum atomic E-state index is 11.8. The molecular formula is C11H10ClF3O. The zero-order chi connectivity index (χ0) is 12.2. The van der Waals surface area contributed by atoms with Gasteiger partial charge >= 0.3 is 6.18 Å². The van der Waals surface area contributed by atoms with Crippen molar-refractivity contribution in [1.29, 1.82) is 0 Å². The van der Waals surface area contributed by atoms with E-state index in [1.807, 2.05) is 0 Å². The van der Waals surface area contributed by atoms with E-state index in [1.165, 1.54) is 0 Å². The summed E-state index contributed by atoms with van der Waals surface area (Å²) in [6.07, 6.45) is -4.31. The summed E-state index contributed by atoms with van der Waals surface area (Å²) in [5, 5.41) is 0.563. The summed E-state index contributed by atoms with van der Waals surface area (Å²) < 4.78 is 39.9. The maximum Gasteiger partial charge on any atom is 0.411 e. The lowest BCUT2D eigenvalue weighted by Crippen LogP contribution is -2.17. The summed E-state index contributed by atoms with van der Waals surface area (Å²) in [6.45, 7) is 2.22. The molecule has 0 unspecified atom stereocenters. The van der Waals surface area contributed by atoms with Crippen molar-refractivity contribution in [2.24, 2.45) is 0 Å². The Labute approximate surface area is 96.5 Å². The van der Waals surface area contributed by atoms with E-state index < -0.39 is 12.8 Å². The van der Waals surface area contributed by atoms with Crippen molar-refractivity contribution in [3.05, 3.63) is 41.4 Å². The van der Waals surface area contributed by atoms with Crippen LogP contribution in [0.1, 0.15) is 5.56 Å². The Bertz CT molecular complexity index is 356. The van der Waals surface area contributed by atoms with E-state index in [2.05, 4.69) is 11.3 Å². The van der Waals surface area contributed by atoms with Crippen LogP contribution in [0.25, 0.3) is 5.57 Å². The molecule has 88 valence electrons. The number of rotatable bonds is 4. The standard InChI is InChI=1S/C11H10ClF3O/c1-8(6-16-7-11(13,14)15)9-2-4-10(12)5-3-9/h2-5H,1,6-7H2. The molecule has 1 aromatic rings. The van der Waals surface area contributed by atoms with Crippen LogP contribution in [0.5, 0.6) is 0 Å². The van der Waals surface area contributed by atoms with Gasteiger partial charge in [0, 0.05) is 5.02 Å². The van der Waals surface area contributed by atoms with Crippen molar-refractivity contribution in [1.82, 2.24) is 0 Å². The average molecular weight is 251 g/mol. The van der Waals surface area contributed by atoms with Gasteiger partial charge in [-0.1, -0.05) is 30.3 Å². The summed E-state index contributed by atoms with van der Waals surface area (Å²) in [6, 6.07) is 6.65. The Kier molecular flexibility index (Phi) is 4.38. The van der Waals surface area contributed by atoms with Gasteiger partial charge in [0.25, 0.3) is 0 Å². The highest BCUT2D eigenvalue weighted by Crippen LogP contribution is 2.18. The first-order valence-corrected chi connectivity index (χ1v) is 4.84. The highest BCUT2D eigenvalue weighted by atomic mass is 35.5. The first-order valence-electron chi connectivity index (χ1n) is 4.47. The molecule has 1 aromatic carbocycles. The third kappa shape index (κ3) is 4.68. The number of ether oxygens (including phenoxy) is 1. The largest absolute Gasteiger partial charge is 0.411 e. The number of hydrogen-bond acceptors (Lipinski definition) is 1. The Morgan fingerprint density at radius 2 is 1.81 bits per heavy atom. The van der Waals surface area contributed by atoms with E-state index in [4.69, 9.17) is 11.6 Å². The minimum atomic E-state index is -4.31. The van der Waals surface area contributed by atoms with Gasteiger partial charge < -0.3 is 4.74 Å². The molecule has 0 fully saturated rings. The summed E-state index contributed by atoms with van der Waals surface area (Å²) in [5.41, 5.74) is 1.20. The van der Waals surface area contributed by atoms with E-state index in [9.17, 15) is 13.2 Å². The van der Waals surface area contributed by atoms with Gasteiger partial charge in [0.15, 0.2) is 0 Å². The molecule has 0 saturated heterocycles. The molecule has 0 aliphatic rings. The second-order valence-corrected chi connectivity index (χ2v) is 3.65. The molecule has 5 heteroatoms. The van der Waals surface area contributed by atoms with E-state index in [-0.39, 0.29) is 6.61 Å². The second-order valence-electron chi connectivity index (χ2n) is 3.22. The summed E-state index contributed by atoms with van der Waals surface area (Å²) in [4.78, 5) is 0. The van der Waals surface area contributed by atoms with Crippen LogP contribution in [0.3, 0.4) is 0 Å². The minimum Gasteiger partial charge on any atom is -0.367 e. The third-order valence-electron chi connectivity index (χ3n) is 1.79. The predicted molar refractivity (Wildman–Crippen MR) is 57.4 cm³/mol. The van der Waals surface area contributed by atoms with E-state index >= 15 is 0 Å². The molecule has 0 N–H and O–H groups in total. The first kappa shape index (κ1) is 13.1. The van der Waals surface area contributed by atoms with Crippen molar-refractivity contribution in [2.75, 3.05) is 13.2 Å². The van der Waals surface area contributed by atoms with Crippen LogP contribution in [0.15, 0.2) is 30.8 Å². The van der Waals surface area contributed by atoms with Gasteiger partial charge in [-0.25, -0.2) is 0 Å². The zero-order valence-electron chi connectivity index (χ0n) is 8.35. The summed E-state index contributed by atoms with van der Waals surface area (Å²) in [5.74, 6) is 0. The number of alkyl halides is 3. The van der Waals surface area contributed by atoms with E-state index in [0.717, 1.165) is 0 Å². The van der Waals surface area contributed by atoms with E-state index in [0.29, 0.717) is 16.2 Å². The van der Waals surface area contributed by atoms with Crippen LogP contribution in [-0.4, -0.2) is 19.4 Å². The fraction of sp³-hybridized carbons (Fsp3) is 0.273. The average Bonchev–Trinajstić information content (AvgIpc) is 2.16. The fourth-order valence-electron chi connectivity index (χ4n) is 1.06. The van der Waals surface area contributed by atoms with Crippen LogP contribution < -0.4 is 0 Å². The van der Waals surface area contributed by atoms with Crippen LogP contribution >= 0.6 is 11.6 Å². The third-order valence-corrected chi connectivity index (χ3v) is 2.05. The van der Waals surface area contributed by atoms with Gasteiger partial charge in [0.05, 0.1) is 6.61 Å². The smallest absolute Gasteiger partial charge is 0.367 e. The van der Waals surface area contributed by atoms with Crippen LogP contribution in [0.2, 0.25) is 5.02 Å². The Morgan fingerprint density at radius 3 is 2.31 bits per heavy atom. The van der Waals surface area contributed by atoms with E-state index in [1.54, 1.807) is 24.3 Å². The van der Waals surface area contributed by atoms with Crippen LogP contribution in [0, 0.1) is 0 Å². The summed E-state index contributed by atoms with van der Waals surface area (Å²) in [7, 11) is 0. The first-order chi connectivity index (χ1) is 7.38. The van der Waals surface area contributed by atoms with Crippen LogP contribution in [-0.2, 0) is 4.74 Å². The van der Waals surface area contributed by atoms with Gasteiger partial charge in [0.2, 0.25) is 0 Å². The molecular weight excluding hydrogens is 241 g/mol. The van der Waals surface area contributed by atoms with Crippen molar-refractivity contribution in [3.8, 4) is 0 Å². The fourth-order valence-corrected chi connectivity index (χ4v) is 1.18. The number of hydrogen-bond donors (Lipinski definition) is 0. The van der Waals surface area contributed by atoms with Crippen molar-refractivity contribution in [2.45, 2.75) is 6.18 Å². The molecule has 1 rings (SSSR count). The molecule has 0 saturated carbocycles. The second kappa shape index (κ2) is 5.37. The van der Waals surface area contributed by atoms with Crippen LogP contribution in [0.4, 0.5) is 13.2 Å². The molecule has 0 aliphatic heterocycles. The lowest BCUT2D eigenvalue weighted by atomic mass is 10.1. The normalized spacial score (nSPS) is 11.5. The molecule has 0 heterocycles. The van der Waals surface area contributed by atoms with Gasteiger partial charge in [-0.15, -0.1) is 0 Å². The van der Waals surface area contributed by atoms with Crippen molar-refractivity contribution < 1.29 is 17.9 Å². The van der Waals surface area contributed by atoms with Crippen molar-refractivity contribution in [3.63, 3.8) is 0 Å². The monoisotopic (exact) mass is 250 g/mol. The Hall–Kier alpha value is -1.00.